The lowest BCUT2D eigenvalue weighted by atomic mass is 9.95. The number of likely N-dealkylation sites (tertiary alicyclic amines) is 1. The second kappa shape index (κ2) is 8.28. The van der Waals surface area contributed by atoms with Gasteiger partial charge < -0.3 is 4.90 Å². The molecule has 3 amide bonds. The average molecular weight is 454 g/mol. The van der Waals surface area contributed by atoms with Crippen LogP contribution in [0.4, 0.5) is 0 Å². The minimum Gasteiger partial charge on any atom is -0.337 e. The highest BCUT2D eigenvalue weighted by molar-refractivity contribution is 7.89. The zero-order chi connectivity index (χ0) is 21.5. The fraction of sp³-hybridized carbons (Fsp3) is 0.550. The van der Waals surface area contributed by atoms with E-state index in [9.17, 15) is 22.8 Å². The minimum atomic E-state index is -3.74. The number of benzene rings is 1. The van der Waals surface area contributed by atoms with Gasteiger partial charge in [0.2, 0.25) is 27.7 Å². The lowest BCUT2D eigenvalue weighted by molar-refractivity contribution is -0.144. The monoisotopic (exact) mass is 453 g/mol. The molecule has 3 saturated heterocycles. The van der Waals surface area contributed by atoms with Gasteiger partial charge in [-0.3, -0.25) is 19.3 Å². The van der Waals surface area contributed by atoms with Crippen LogP contribution in [0.2, 0.25) is 5.02 Å². The quantitative estimate of drug-likeness (QED) is 0.660. The van der Waals surface area contributed by atoms with E-state index < -0.39 is 10.0 Å². The van der Waals surface area contributed by atoms with E-state index in [1.165, 1.54) is 17.0 Å². The topological polar surface area (TPSA) is 104 Å². The summed E-state index contributed by atoms with van der Waals surface area (Å²) in [6, 6.07) is 5.81. The Morgan fingerprint density at radius 2 is 1.70 bits per heavy atom. The second-order valence-corrected chi connectivity index (χ2v) is 10.3. The van der Waals surface area contributed by atoms with Gasteiger partial charge in [0.05, 0.1) is 4.90 Å². The molecule has 2 atom stereocenters. The van der Waals surface area contributed by atoms with Crippen LogP contribution < -0.4 is 4.72 Å². The molecular weight excluding hydrogens is 430 g/mol. The molecule has 1 N–H and O–H groups in total. The van der Waals surface area contributed by atoms with Crippen LogP contribution in [0.15, 0.2) is 29.2 Å². The van der Waals surface area contributed by atoms with E-state index in [-0.39, 0.29) is 66.5 Å². The van der Waals surface area contributed by atoms with Crippen molar-refractivity contribution in [2.75, 3.05) is 6.54 Å². The highest BCUT2D eigenvalue weighted by atomic mass is 35.5. The molecule has 0 spiro atoms. The van der Waals surface area contributed by atoms with Crippen LogP contribution in [-0.4, -0.2) is 60.6 Å². The molecule has 3 aliphatic heterocycles. The molecule has 162 valence electrons. The number of carbonyl (C=O) groups is 3. The smallest absolute Gasteiger partial charge is 0.240 e. The molecule has 0 aromatic heterocycles. The molecule has 0 aliphatic carbocycles. The van der Waals surface area contributed by atoms with E-state index in [0.717, 1.165) is 12.8 Å². The predicted octanol–water partition coefficient (Wildman–Crippen LogP) is 1.68. The van der Waals surface area contributed by atoms with E-state index in [0.29, 0.717) is 17.9 Å². The first-order valence-corrected chi connectivity index (χ1v) is 12.0. The maximum absolute atomic E-state index is 12.8. The summed E-state index contributed by atoms with van der Waals surface area (Å²) in [7, 11) is -3.74. The summed E-state index contributed by atoms with van der Waals surface area (Å²) >= 11 is 5.85. The highest BCUT2D eigenvalue weighted by Crippen LogP contribution is 2.39. The fourth-order valence-electron chi connectivity index (χ4n) is 4.91. The fourth-order valence-corrected chi connectivity index (χ4v) is 6.24. The summed E-state index contributed by atoms with van der Waals surface area (Å²) in [5, 5.41) is 0.323. The molecule has 1 aromatic rings. The van der Waals surface area contributed by atoms with E-state index in [2.05, 4.69) is 4.72 Å². The summed E-state index contributed by atoms with van der Waals surface area (Å²) in [6.07, 6.45) is 3.51. The first-order chi connectivity index (χ1) is 14.3. The van der Waals surface area contributed by atoms with Crippen LogP contribution in [0.1, 0.15) is 44.9 Å². The number of halogens is 1. The molecule has 30 heavy (non-hydrogen) atoms. The number of rotatable bonds is 6. The van der Waals surface area contributed by atoms with Crippen LogP contribution in [0.5, 0.6) is 0 Å². The lowest BCUT2D eigenvalue weighted by Gasteiger charge is -2.41. The SMILES string of the molecule is O=C1CCC(=O)N1C1CC2CCC(C1)N2C(=O)CCNS(=O)(=O)c1cccc(Cl)c1. The maximum Gasteiger partial charge on any atom is 0.240 e. The molecule has 4 rings (SSSR count). The third kappa shape index (κ3) is 4.10. The van der Waals surface area contributed by atoms with Crippen LogP contribution in [0, 0.1) is 0 Å². The first-order valence-electron chi connectivity index (χ1n) is 10.2. The molecule has 0 radical (unpaired) electrons. The molecule has 2 unspecified atom stereocenters. The first kappa shape index (κ1) is 21.3. The van der Waals surface area contributed by atoms with Crippen LogP contribution >= 0.6 is 11.6 Å². The van der Waals surface area contributed by atoms with Gasteiger partial charge in [0.1, 0.15) is 0 Å². The van der Waals surface area contributed by atoms with Crippen molar-refractivity contribution in [3.8, 4) is 0 Å². The molecule has 0 saturated carbocycles. The Kier molecular flexibility index (Phi) is 5.87. The Morgan fingerprint density at radius 1 is 1.07 bits per heavy atom. The number of amides is 3. The number of hydrogen-bond donors (Lipinski definition) is 1. The van der Waals surface area contributed by atoms with E-state index in [1.54, 1.807) is 12.1 Å². The van der Waals surface area contributed by atoms with Crippen molar-refractivity contribution >= 4 is 39.3 Å². The third-order valence-corrected chi connectivity index (χ3v) is 7.88. The van der Waals surface area contributed by atoms with E-state index in [4.69, 9.17) is 11.6 Å². The summed E-state index contributed by atoms with van der Waals surface area (Å²) in [4.78, 5) is 40.2. The van der Waals surface area contributed by atoms with Gasteiger partial charge >= 0.3 is 0 Å². The third-order valence-electron chi connectivity index (χ3n) is 6.19. The second-order valence-electron chi connectivity index (χ2n) is 8.07. The van der Waals surface area contributed by atoms with Crippen LogP contribution in [0.25, 0.3) is 0 Å². The molecule has 10 heteroatoms. The van der Waals surface area contributed by atoms with Crippen molar-refractivity contribution in [2.45, 2.75) is 68.0 Å². The Hall–Kier alpha value is -1.97. The highest BCUT2D eigenvalue weighted by Gasteiger charge is 2.47. The van der Waals surface area contributed by atoms with Gasteiger partial charge in [-0.15, -0.1) is 0 Å². The number of fused-ring (bicyclic) bond motifs is 2. The van der Waals surface area contributed by atoms with Gasteiger partial charge in [0.15, 0.2) is 0 Å². The zero-order valence-corrected chi connectivity index (χ0v) is 18.0. The van der Waals surface area contributed by atoms with Gasteiger partial charge in [-0.2, -0.15) is 0 Å². The molecule has 2 bridgehead atoms. The van der Waals surface area contributed by atoms with Crippen molar-refractivity contribution in [3.63, 3.8) is 0 Å². The van der Waals surface area contributed by atoms with Crippen molar-refractivity contribution in [3.05, 3.63) is 29.3 Å². The normalized spacial score (nSPS) is 26.5. The summed E-state index contributed by atoms with van der Waals surface area (Å²) < 4.78 is 27.2. The molecule has 8 nitrogen and oxygen atoms in total. The summed E-state index contributed by atoms with van der Waals surface area (Å²) in [5.41, 5.74) is 0. The largest absolute Gasteiger partial charge is 0.337 e. The van der Waals surface area contributed by atoms with Crippen molar-refractivity contribution in [1.82, 2.24) is 14.5 Å². The number of nitrogens with zero attached hydrogens (tertiary/aromatic N) is 2. The Morgan fingerprint density at radius 3 is 2.30 bits per heavy atom. The molecular formula is C20H24ClN3O5S. The zero-order valence-electron chi connectivity index (χ0n) is 16.4. The Labute approximate surface area is 180 Å². The van der Waals surface area contributed by atoms with Crippen molar-refractivity contribution in [1.29, 1.82) is 0 Å². The summed E-state index contributed by atoms with van der Waals surface area (Å²) in [6.45, 7) is -0.00382. The van der Waals surface area contributed by atoms with Crippen molar-refractivity contribution in [2.24, 2.45) is 0 Å². The number of imide groups is 1. The maximum atomic E-state index is 12.8. The van der Waals surface area contributed by atoms with Crippen LogP contribution in [-0.2, 0) is 24.4 Å². The van der Waals surface area contributed by atoms with E-state index >= 15 is 0 Å². The van der Waals surface area contributed by atoms with E-state index in [1.807, 2.05) is 4.90 Å². The average Bonchev–Trinajstić information content (AvgIpc) is 3.17. The molecule has 1 aromatic carbocycles. The Bertz CT molecular complexity index is 952. The van der Waals surface area contributed by atoms with Gasteiger partial charge in [0, 0.05) is 49.0 Å². The van der Waals surface area contributed by atoms with Gasteiger partial charge in [-0.05, 0) is 43.9 Å². The summed E-state index contributed by atoms with van der Waals surface area (Å²) in [5.74, 6) is -0.326. The lowest BCUT2D eigenvalue weighted by Crippen LogP contribution is -2.54. The van der Waals surface area contributed by atoms with Gasteiger partial charge in [-0.1, -0.05) is 17.7 Å². The predicted molar refractivity (Wildman–Crippen MR) is 109 cm³/mol. The number of hydrogen-bond acceptors (Lipinski definition) is 5. The molecule has 3 heterocycles. The van der Waals surface area contributed by atoms with Gasteiger partial charge in [0.25, 0.3) is 0 Å². The molecule has 3 aliphatic rings. The number of nitrogens with one attached hydrogen (secondary N) is 1. The Balaban J connectivity index is 1.34. The number of piperidine rings is 1. The number of sulfonamides is 1. The molecule has 3 fully saturated rings. The number of carbonyl (C=O) groups excluding carboxylic acids is 3. The van der Waals surface area contributed by atoms with Crippen LogP contribution in [0.3, 0.4) is 0 Å². The van der Waals surface area contributed by atoms with Gasteiger partial charge in [-0.25, -0.2) is 13.1 Å². The minimum absolute atomic E-state index is 0.00382. The standard InChI is InChI=1S/C20H24ClN3O5S/c21-13-2-1-3-17(10-13)30(28,29)22-9-8-20(27)23-14-4-5-15(23)12-16(11-14)24-18(25)6-7-19(24)26/h1-3,10,14-16,22H,4-9,11-12H2. The van der Waals surface area contributed by atoms with Crippen molar-refractivity contribution < 1.29 is 22.8 Å².